The van der Waals surface area contributed by atoms with Crippen LogP contribution in [0.3, 0.4) is 0 Å². The van der Waals surface area contributed by atoms with Gasteiger partial charge < -0.3 is 19.9 Å². The number of phosphoric acid groups is 1. The van der Waals surface area contributed by atoms with Crippen LogP contribution < -0.4 is 10.1 Å². The molecule has 1 aliphatic rings. The summed E-state index contributed by atoms with van der Waals surface area (Å²) in [6.07, 6.45) is 4.54. The third-order valence-corrected chi connectivity index (χ3v) is 8.38. The second-order valence-electron chi connectivity index (χ2n) is 11.6. The number of hydrogen-bond acceptors (Lipinski definition) is 10. The van der Waals surface area contributed by atoms with Gasteiger partial charge in [0, 0.05) is 18.0 Å². The van der Waals surface area contributed by atoms with Gasteiger partial charge in [0.2, 0.25) is 0 Å². The number of allylic oxidation sites excluding steroid dienone is 1. The molecule has 11 nitrogen and oxygen atoms in total. The van der Waals surface area contributed by atoms with E-state index < -0.39 is 43.5 Å². The fraction of sp³-hybridized carbons (Fsp3) is 0.700. The molecule has 0 aromatic heterocycles. The van der Waals surface area contributed by atoms with E-state index in [4.69, 9.17) is 23.0 Å². The van der Waals surface area contributed by atoms with Gasteiger partial charge in [0.1, 0.15) is 11.4 Å². The molecule has 1 aromatic rings. The van der Waals surface area contributed by atoms with Crippen molar-refractivity contribution in [2.75, 3.05) is 32.3 Å². The van der Waals surface area contributed by atoms with Crippen LogP contribution in [-0.4, -0.2) is 67.4 Å². The quantitative estimate of drug-likeness (QED) is 0.0523. The van der Waals surface area contributed by atoms with E-state index in [2.05, 4.69) is 31.5 Å². The highest BCUT2D eigenvalue weighted by Gasteiger charge is 2.65. The molecule has 16 heteroatoms. The summed E-state index contributed by atoms with van der Waals surface area (Å²) in [7, 11) is -2.69. The normalized spacial score (nSPS) is 17.0. The largest absolute Gasteiger partial charge is 0.494 e. The number of phosphoric ester groups is 1. The number of nitrogens with zero attached hydrogens (tertiary/aromatic N) is 2. The molecule has 2 N–H and O–H groups in total. The number of alkyl halides is 4. The Morgan fingerprint density at radius 1 is 1.02 bits per heavy atom. The fourth-order valence-electron chi connectivity index (χ4n) is 4.18. The van der Waals surface area contributed by atoms with Crippen molar-refractivity contribution >= 4 is 29.8 Å². The molecule has 1 unspecified atom stereocenters. The summed E-state index contributed by atoms with van der Waals surface area (Å²) in [5.74, 6) is 0.508. The average molecular weight is 745 g/mol. The molecular weight excluding hydrogens is 698 g/mol. The minimum atomic E-state index is -4.54. The van der Waals surface area contributed by atoms with E-state index in [1.807, 2.05) is 6.08 Å². The Morgan fingerprint density at radius 3 is 2.17 bits per heavy atom. The highest BCUT2D eigenvalue weighted by molar-refractivity contribution is 9.09. The lowest BCUT2D eigenvalue weighted by Gasteiger charge is -2.26. The minimum absolute atomic E-state index is 0.0181. The molecule has 0 spiro atoms. The lowest BCUT2D eigenvalue weighted by atomic mass is 10.0. The van der Waals surface area contributed by atoms with Gasteiger partial charge in [-0.05, 0) is 52.2 Å². The SMILES string of the molecule is COP(=O)(OCCBr)OC[C@H](NC(=O)OC(C)(C)C)[C@H](O)/C=C\CCCCCCCCCOc1ccc(C2(C(F)(F)F)N=N2)cc1. The number of alkyl carbamates (subject to hydrolysis) is 1. The number of nitrogens with one attached hydrogen (secondary N) is 1. The Kier molecular flexibility index (Phi) is 16.7. The van der Waals surface area contributed by atoms with Crippen LogP contribution in [0.1, 0.15) is 77.7 Å². The maximum Gasteiger partial charge on any atom is 0.474 e. The van der Waals surface area contributed by atoms with Crippen molar-refractivity contribution in [2.24, 2.45) is 10.2 Å². The van der Waals surface area contributed by atoms with E-state index in [0.717, 1.165) is 51.4 Å². The molecule has 0 aliphatic carbocycles. The average Bonchev–Trinajstić information content (AvgIpc) is 3.81. The van der Waals surface area contributed by atoms with Crippen LogP contribution in [0.4, 0.5) is 18.0 Å². The van der Waals surface area contributed by atoms with Crippen LogP contribution in [0.15, 0.2) is 46.6 Å². The number of carbonyl (C=O) groups excluding carboxylic acids is 1. The lowest BCUT2D eigenvalue weighted by Crippen LogP contribution is -2.47. The first-order valence-electron chi connectivity index (χ1n) is 15.2. The Morgan fingerprint density at radius 2 is 1.63 bits per heavy atom. The van der Waals surface area contributed by atoms with E-state index in [9.17, 15) is 27.6 Å². The number of hydrogen-bond donors (Lipinski definition) is 2. The first-order chi connectivity index (χ1) is 21.6. The fourth-order valence-corrected chi connectivity index (χ4v) is 5.53. The Hall–Kier alpha value is -2.03. The van der Waals surface area contributed by atoms with Crippen LogP contribution in [-0.2, 0) is 28.5 Å². The maximum absolute atomic E-state index is 13.1. The molecule has 0 saturated heterocycles. The molecule has 1 aromatic carbocycles. The summed E-state index contributed by atoms with van der Waals surface area (Å²) >= 11 is 3.17. The number of ether oxygens (including phenoxy) is 2. The second-order valence-corrected chi connectivity index (χ2v) is 14.2. The third-order valence-electron chi connectivity index (χ3n) is 6.65. The van der Waals surface area contributed by atoms with Gasteiger partial charge in [0.05, 0.1) is 32.0 Å². The molecule has 262 valence electrons. The van der Waals surface area contributed by atoms with Gasteiger partial charge in [0.15, 0.2) is 0 Å². The maximum atomic E-state index is 13.1. The topological polar surface area (TPSA) is 137 Å². The van der Waals surface area contributed by atoms with Crippen molar-refractivity contribution in [1.29, 1.82) is 0 Å². The first-order valence-corrected chi connectivity index (χ1v) is 17.8. The molecule has 3 atom stereocenters. The minimum Gasteiger partial charge on any atom is -0.494 e. The van der Waals surface area contributed by atoms with Crippen molar-refractivity contribution in [2.45, 2.75) is 102 Å². The van der Waals surface area contributed by atoms with Crippen molar-refractivity contribution in [1.82, 2.24) is 5.32 Å². The number of unbranched alkanes of at least 4 members (excludes halogenated alkanes) is 7. The van der Waals surface area contributed by atoms with Crippen LogP contribution in [0.25, 0.3) is 0 Å². The molecule has 1 heterocycles. The van der Waals surface area contributed by atoms with E-state index in [0.29, 0.717) is 17.7 Å². The van der Waals surface area contributed by atoms with Crippen molar-refractivity contribution < 1.29 is 50.7 Å². The van der Waals surface area contributed by atoms with E-state index in [1.54, 1.807) is 26.8 Å². The summed E-state index contributed by atoms with van der Waals surface area (Å²) in [5, 5.41) is 20.1. The molecule has 2 rings (SSSR count). The standard InChI is InChI=1S/C30H46BrF3N3O8P/c1-28(2,3)45-27(39)35-25(22-44-46(40,41-4)43-21-19-31)26(38)14-12-10-8-6-5-7-9-11-13-20-42-24-17-15-23(16-18-24)29(36-37-29)30(32,33)34/h12,14-18,25-26,38H,5-11,13,19-22H2,1-4H3,(H,35,39)/b14-12-/t25-,26+,46?/m0/s1. The van der Waals surface area contributed by atoms with Crippen LogP contribution in [0.2, 0.25) is 0 Å². The van der Waals surface area contributed by atoms with Crippen LogP contribution in [0, 0.1) is 0 Å². The smallest absolute Gasteiger partial charge is 0.474 e. The molecule has 1 aliphatic heterocycles. The number of amides is 1. The summed E-state index contributed by atoms with van der Waals surface area (Å²) in [6, 6.07) is 4.73. The van der Waals surface area contributed by atoms with Gasteiger partial charge in [-0.2, -0.15) is 13.2 Å². The number of aliphatic hydroxyl groups is 1. The summed E-state index contributed by atoms with van der Waals surface area (Å²) in [5.41, 5.74) is -3.18. The summed E-state index contributed by atoms with van der Waals surface area (Å²) < 4.78 is 78.1. The zero-order chi connectivity index (χ0) is 34.3. The Labute approximate surface area is 277 Å². The van der Waals surface area contributed by atoms with Crippen molar-refractivity contribution in [3.8, 4) is 5.75 Å². The lowest BCUT2D eigenvalue weighted by molar-refractivity contribution is -0.166. The Balaban J connectivity index is 1.63. The predicted molar refractivity (Wildman–Crippen MR) is 170 cm³/mol. The zero-order valence-electron chi connectivity index (χ0n) is 26.8. The van der Waals surface area contributed by atoms with Crippen molar-refractivity contribution in [3.63, 3.8) is 0 Å². The van der Waals surface area contributed by atoms with Gasteiger partial charge in [-0.1, -0.05) is 72.3 Å². The monoisotopic (exact) mass is 743 g/mol. The summed E-state index contributed by atoms with van der Waals surface area (Å²) in [6.45, 7) is 5.35. The molecular formula is C30H46BrF3N3O8P. The number of benzene rings is 1. The van der Waals surface area contributed by atoms with Crippen LogP contribution >= 0.6 is 23.8 Å². The third kappa shape index (κ3) is 14.4. The molecule has 0 bridgehead atoms. The van der Waals surface area contributed by atoms with Gasteiger partial charge >= 0.3 is 25.8 Å². The van der Waals surface area contributed by atoms with Crippen LogP contribution in [0.5, 0.6) is 5.75 Å². The van der Waals surface area contributed by atoms with E-state index >= 15 is 0 Å². The molecule has 0 fully saturated rings. The van der Waals surface area contributed by atoms with Gasteiger partial charge in [-0.3, -0.25) is 13.6 Å². The predicted octanol–water partition coefficient (Wildman–Crippen LogP) is 8.36. The van der Waals surface area contributed by atoms with Gasteiger partial charge in [-0.25, -0.2) is 9.36 Å². The second kappa shape index (κ2) is 19.1. The molecule has 0 saturated carbocycles. The molecule has 1 amide bonds. The zero-order valence-corrected chi connectivity index (χ0v) is 29.2. The first kappa shape index (κ1) is 40.1. The van der Waals surface area contributed by atoms with Crippen molar-refractivity contribution in [3.05, 3.63) is 42.0 Å². The Bertz CT molecular complexity index is 1160. The number of rotatable bonds is 22. The summed E-state index contributed by atoms with van der Waals surface area (Å²) in [4.78, 5) is 12.3. The highest BCUT2D eigenvalue weighted by atomic mass is 79.9. The van der Waals surface area contributed by atoms with Gasteiger partial charge in [-0.15, -0.1) is 10.2 Å². The number of aliphatic hydroxyl groups excluding tert-OH is 1. The number of halogens is 4. The number of carbonyl (C=O) groups is 1. The molecule has 46 heavy (non-hydrogen) atoms. The van der Waals surface area contributed by atoms with E-state index in [-0.39, 0.29) is 18.8 Å². The van der Waals surface area contributed by atoms with Gasteiger partial charge in [0.25, 0.3) is 0 Å². The highest BCUT2D eigenvalue weighted by Crippen LogP contribution is 2.52. The van der Waals surface area contributed by atoms with E-state index in [1.165, 1.54) is 31.4 Å². The molecule has 0 radical (unpaired) electrons.